The fourth-order valence-corrected chi connectivity index (χ4v) is 2.96. The molecule has 0 saturated carbocycles. The summed E-state index contributed by atoms with van der Waals surface area (Å²) in [7, 11) is 0. The smallest absolute Gasteiger partial charge is 0.123 e. The molecule has 0 atom stereocenters. The largest absolute Gasteiger partial charge is 0.490 e. The lowest BCUT2D eigenvalue weighted by atomic mass is 10.1. The highest BCUT2D eigenvalue weighted by Crippen LogP contribution is 2.18. The summed E-state index contributed by atoms with van der Waals surface area (Å²) < 4.78 is 11.6. The lowest BCUT2D eigenvalue weighted by Gasteiger charge is -2.13. The Balaban J connectivity index is 1.42. The van der Waals surface area contributed by atoms with Gasteiger partial charge >= 0.3 is 0 Å². The van der Waals surface area contributed by atoms with E-state index in [1.54, 1.807) is 0 Å². The Morgan fingerprint density at radius 2 is 1.37 bits per heavy atom. The molecule has 3 heteroatoms. The van der Waals surface area contributed by atoms with E-state index >= 15 is 0 Å². The van der Waals surface area contributed by atoms with Gasteiger partial charge in [-0.15, -0.1) is 0 Å². The molecule has 140 valence electrons. The van der Waals surface area contributed by atoms with Gasteiger partial charge in [0.15, 0.2) is 0 Å². The first kappa shape index (κ1) is 19.0. The SMILES string of the molecule is Cc1ccccc1CCNCc1ccccc1OCCOc1ccccc1. The third-order valence-corrected chi connectivity index (χ3v) is 4.47. The van der Waals surface area contributed by atoms with Crippen LogP contribution in [0.5, 0.6) is 11.5 Å². The van der Waals surface area contributed by atoms with Crippen LogP contribution in [0.4, 0.5) is 0 Å². The first-order valence-electron chi connectivity index (χ1n) is 9.47. The zero-order chi connectivity index (χ0) is 18.7. The summed E-state index contributed by atoms with van der Waals surface area (Å²) in [5.41, 5.74) is 3.91. The molecular formula is C24H27NO2. The topological polar surface area (TPSA) is 30.5 Å². The number of aryl methyl sites for hydroxylation is 1. The van der Waals surface area contributed by atoms with E-state index in [0.717, 1.165) is 31.0 Å². The number of ether oxygens (including phenoxy) is 2. The quantitative estimate of drug-likeness (QED) is 0.527. The molecule has 3 nitrogen and oxygen atoms in total. The van der Waals surface area contributed by atoms with Crippen molar-refractivity contribution < 1.29 is 9.47 Å². The molecule has 3 aromatic rings. The van der Waals surface area contributed by atoms with Gasteiger partial charge in [0.1, 0.15) is 24.7 Å². The predicted octanol–water partition coefficient (Wildman–Crippen LogP) is 4.79. The molecule has 0 bridgehead atoms. The maximum absolute atomic E-state index is 5.93. The molecule has 0 aliphatic carbocycles. The summed E-state index contributed by atoms with van der Waals surface area (Å²) >= 11 is 0. The van der Waals surface area contributed by atoms with Crippen LogP contribution >= 0.6 is 0 Å². The summed E-state index contributed by atoms with van der Waals surface area (Å²) in [6, 6.07) is 26.5. The molecule has 0 amide bonds. The molecule has 1 N–H and O–H groups in total. The van der Waals surface area contributed by atoms with E-state index < -0.39 is 0 Å². The standard InChI is InChI=1S/C24H27NO2/c1-20-9-5-6-10-21(20)15-16-25-19-22-11-7-8-14-24(22)27-18-17-26-23-12-3-2-4-13-23/h2-14,25H,15-19H2,1H3. The van der Waals surface area contributed by atoms with Gasteiger partial charge in [0, 0.05) is 12.1 Å². The zero-order valence-corrected chi connectivity index (χ0v) is 15.9. The fraction of sp³-hybridized carbons (Fsp3) is 0.250. The number of benzene rings is 3. The fourth-order valence-electron chi connectivity index (χ4n) is 2.96. The Bertz CT molecular complexity index is 817. The first-order valence-corrected chi connectivity index (χ1v) is 9.47. The lowest BCUT2D eigenvalue weighted by Crippen LogP contribution is -2.18. The van der Waals surface area contributed by atoms with E-state index in [0.29, 0.717) is 13.2 Å². The van der Waals surface area contributed by atoms with Crippen molar-refractivity contribution in [3.05, 3.63) is 95.6 Å². The van der Waals surface area contributed by atoms with Crippen LogP contribution < -0.4 is 14.8 Å². The van der Waals surface area contributed by atoms with Crippen LogP contribution in [0.2, 0.25) is 0 Å². The molecule has 0 heterocycles. The van der Waals surface area contributed by atoms with Gasteiger partial charge < -0.3 is 14.8 Å². The normalized spacial score (nSPS) is 10.6. The van der Waals surface area contributed by atoms with Crippen molar-refractivity contribution in [3.8, 4) is 11.5 Å². The van der Waals surface area contributed by atoms with Gasteiger partial charge in [-0.25, -0.2) is 0 Å². The van der Waals surface area contributed by atoms with Crippen LogP contribution in [-0.4, -0.2) is 19.8 Å². The number of hydrogen-bond donors (Lipinski definition) is 1. The maximum atomic E-state index is 5.93. The molecule has 0 saturated heterocycles. The van der Waals surface area contributed by atoms with Crippen LogP contribution in [0.1, 0.15) is 16.7 Å². The Kier molecular flexibility index (Phi) is 7.31. The summed E-state index contributed by atoms with van der Waals surface area (Å²) in [5, 5.41) is 3.52. The van der Waals surface area contributed by atoms with Crippen molar-refractivity contribution in [3.63, 3.8) is 0 Å². The highest BCUT2D eigenvalue weighted by molar-refractivity contribution is 5.33. The summed E-state index contributed by atoms with van der Waals surface area (Å²) in [4.78, 5) is 0. The zero-order valence-electron chi connectivity index (χ0n) is 15.9. The number of para-hydroxylation sites is 2. The highest BCUT2D eigenvalue weighted by atomic mass is 16.5. The number of rotatable bonds is 10. The second-order valence-corrected chi connectivity index (χ2v) is 6.47. The van der Waals surface area contributed by atoms with Crippen molar-refractivity contribution in [2.24, 2.45) is 0 Å². The molecule has 3 aromatic carbocycles. The van der Waals surface area contributed by atoms with E-state index in [2.05, 4.69) is 42.6 Å². The third kappa shape index (κ3) is 6.15. The third-order valence-electron chi connectivity index (χ3n) is 4.47. The molecule has 0 fully saturated rings. The minimum absolute atomic E-state index is 0.523. The monoisotopic (exact) mass is 361 g/mol. The average Bonchev–Trinajstić information content (AvgIpc) is 2.71. The Morgan fingerprint density at radius 1 is 0.704 bits per heavy atom. The minimum Gasteiger partial charge on any atom is -0.490 e. The Hall–Kier alpha value is -2.78. The van der Waals surface area contributed by atoms with Crippen LogP contribution in [-0.2, 0) is 13.0 Å². The molecule has 3 rings (SSSR count). The van der Waals surface area contributed by atoms with Gasteiger partial charge in [0.2, 0.25) is 0 Å². The van der Waals surface area contributed by atoms with E-state index in [4.69, 9.17) is 9.47 Å². The molecular weight excluding hydrogens is 334 g/mol. The maximum Gasteiger partial charge on any atom is 0.123 e. The van der Waals surface area contributed by atoms with Crippen LogP contribution in [0.15, 0.2) is 78.9 Å². The first-order chi connectivity index (χ1) is 13.3. The summed E-state index contributed by atoms with van der Waals surface area (Å²) in [6.07, 6.45) is 1.03. The molecule has 0 aromatic heterocycles. The van der Waals surface area contributed by atoms with Crippen LogP contribution in [0, 0.1) is 6.92 Å². The highest BCUT2D eigenvalue weighted by Gasteiger charge is 2.03. The second kappa shape index (κ2) is 10.4. The van der Waals surface area contributed by atoms with Crippen molar-refractivity contribution in [2.75, 3.05) is 19.8 Å². The average molecular weight is 361 g/mol. The van der Waals surface area contributed by atoms with Gasteiger partial charge in [-0.05, 0) is 49.2 Å². The van der Waals surface area contributed by atoms with Gasteiger partial charge in [-0.2, -0.15) is 0 Å². The van der Waals surface area contributed by atoms with E-state index in [1.807, 2.05) is 48.5 Å². The van der Waals surface area contributed by atoms with E-state index in [1.165, 1.54) is 16.7 Å². The van der Waals surface area contributed by atoms with Crippen molar-refractivity contribution in [1.29, 1.82) is 0 Å². The van der Waals surface area contributed by atoms with Gasteiger partial charge in [-0.3, -0.25) is 0 Å². The van der Waals surface area contributed by atoms with Crippen molar-refractivity contribution in [1.82, 2.24) is 5.32 Å². The van der Waals surface area contributed by atoms with Crippen molar-refractivity contribution in [2.45, 2.75) is 19.9 Å². The second-order valence-electron chi connectivity index (χ2n) is 6.47. The van der Waals surface area contributed by atoms with E-state index in [9.17, 15) is 0 Å². The van der Waals surface area contributed by atoms with Crippen LogP contribution in [0.25, 0.3) is 0 Å². The minimum atomic E-state index is 0.523. The molecule has 0 aliphatic rings. The van der Waals surface area contributed by atoms with Gasteiger partial charge in [0.25, 0.3) is 0 Å². The molecule has 27 heavy (non-hydrogen) atoms. The summed E-state index contributed by atoms with van der Waals surface area (Å²) in [6.45, 7) is 4.95. The Labute approximate surface area is 162 Å². The van der Waals surface area contributed by atoms with Crippen molar-refractivity contribution >= 4 is 0 Å². The van der Waals surface area contributed by atoms with Gasteiger partial charge in [-0.1, -0.05) is 60.7 Å². The lowest BCUT2D eigenvalue weighted by molar-refractivity contribution is 0.215. The number of hydrogen-bond acceptors (Lipinski definition) is 3. The molecule has 0 spiro atoms. The van der Waals surface area contributed by atoms with E-state index in [-0.39, 0.29) is 0 Å². The van der Waals surface area contributed by atoms with Gasteiger partial charge in [0.05, 0.1) is 0 Å². The predicted molar refractivity (Wildman–Crippen MR) is 110 cm³/mol. The number of nitrogens with one attached hydrogen (secondary N) is 1. The molecule has 0 aliphatic heterocycles. The Morgan fingerprint density at radius 3 is 2.19 bits per heavy atom. The molecule has 0 unspecified atom stereocenters. The summed E-state index contributed by atoms with van der Waals surface area (Å²) in [5.74, 6) is 1.78. The van der Waals surface area contributed by atoms with Crippen LogP contribution in [0.3, 0.4) is 0 Å². The molecule has 0 radical (unpaired) electrons.